The summed E-state index contributed by atoms with van der Waals surface area (Å²) in [4.78, 5) is 10.6. The van der Waals surface area contributed by atoms with E-state index < -0.39 is 0 Å². The van der Waals surface area contributed by atoms with Gasteiger partial charge in [-0.15, -0.1) is 0 Å². The van der Waals surface area contributed by atoms with Crippen molar-refractivity contribution in [1.82, 2.24) is 10.6 Å². The van der Waals surface area contributed by atoms with Crippen molar-refractivity contribution in [2.24, 2.45) is 5.92 Å². The fourth-order valence-electron chi connectivity index (χ4n) is 2.91. The highest BCUT2D eigenvalue weighted by Crippen LogP contribution is 2.24. The van der Waals surface area contributed by atoms with Crippen molar-refractivity contribution in [1.29, 1.82) is 0 Å². The van der Waals surface area contributed by atoms with Crippen molar-refractivity contribution >= 4 is 28.7 Å². The molecule has 0 bridgehead atoms. The molecule has 7 heteroatoms. The summed E-state index contributed by atoms with van der Waals surface area (Å²) in [6, 6.07) is 7.09. The Balaban J connectivity index is 1.71. The van der Waals surface area contributed by atoms with Crippen molar-refractivity contribution < 1.29 is 4.92 Å². The van der Waals surface area contributed by atoms with Gasteiger partial charge < -0.3 is 16.0 Å². The Morgan fingerprint density at radius 2 is 2.04 bits per heavy atom. The van der Waals surface area contributed by atoms with E-state index in [1.165, 1.54) is 25.3 Å². The number of anilines is 1. The lowest BCUT2D eigenvalue weighted by atomic mass is 9.86. The highest BCUT2D eigenvalue weighted by Gasteiger charge is 2.21. The van der Waals surface area contributed by atoms with E-state index in [1.807, 2.05) is 0 Å². The quantitative estimate of drug-likeness (QED) is 0.321. The fraction of sp³-hybridized carbons (Fsp3) is 0.562. The smallest absolute Gasteiger partial charge is 0.292 e. The van der Waals surface area contributed by atoms with Crippen molar-refractivity contribution in [3.8, 4) is 0 Å². The number of nitro groups is 1. The molecule has 1 saturated carbocycles. The predicted molar refractivity (Wildman–Crippen MR) is 96.7 cm³/mol. The SMILES string of the molecule is C[C@H]1CCCC[C@H]1NC(=S)NCCNc1ccccc1[N+](=O)[O-]. The van der Waals surface area contributed by atoms with Crippen LogP contribution in [0.4, 0.5) is 11.4 Å². The van der Waals surface area contributed by atoms with Crippen molar-refractivity contribution in [2.45, 2.75) is 38.6 Å². The number of rotatable bonds is 6. The number of para-hydroxylation sites is 2. The van der Waals surface area contributed by atoms with Gasteiger partial charge in [-0.2, -0.15) is 0 Å². The Morgan fingerprint density at radius 3 is 2.78 bits per heavy atom. The monoisotopic (exact) mass is 336 g/mol. The molecule has 0 aliphatic heterocycles. The lowest BCUT2D eigenvalue weighted by molar-refractivity contribution is -0.384. The molecule has 0 aromatic heterocycles. The second-order valence-corrected chi connectivity index (χ2v) is 6.38. The van der Waals surface area contributed by atoms with Gasteiger partial charge in [0.1, 0.15) is 5.69 Å². The van der Waals surface area contributed by atoms with E-state index in [-0.39, 0.29) is 10.6 Å². The summed E-state index contributed by atoms with van der Waals surface area (Å²) in [7, 11) is 0. The van der Waals surface area contributed by atoms with Crippen LogP contribution in [0.1, 0.15) is 32.6 Å². The van der Waals surface area contributed by atoms with Crippen LogP contribution in [0.15, 0.2) is 24.3 Å². The minimum atomic E-state index is -0.383. The Bertz CT molecular complexity index is 553. The van der Waals surface area contributed by atoms with Crippen LogP contribution in [0, 0.1) is 16.0 Å². The highest BCUT2D eigenvalue weighted by atomic mass is 32.1. The van der Waals surface area contributed by atoms with Crippen molar-refractivity contribution in [3.05, 3.63) is 34.4 Å². The Hall–Kier alpha value is -1.89. The Morgan fingerprint density at radius 1 is 1.30 bits per heavy atom. The number of nitrogens with zero attached hydrogens (tertiary/aromatic N) is 1. The summed E-state index contributed by atoms with van der Waals surface area (Å²) in [6.45, 7) is 3.43. The van der Waals surface area contributed by atoms with Gasteiger partial charge in [0.2, 0.25) is 0 Å². The van der Waals surface area contributed by atoms with Gasteiger partial charge in [-0.25, -0.2) is 0 Å². The number of nitro benzene ring substituents is 1. The predicted octanol–water partition coefficient (Wildman–Crippen LogP) is 3.05. The average molecular weight is 336 g/mol. The summed E-state index contributed by atoms with van der Waals surface area (Å²) in [5.41, 5.74) is 0.614. The van der Waals surface area contributed by atoms with E-state index >= 15 is 0 Å². The largest absolute Gasteiger partial charge is 0.378 e. The molecule has 23 heavy (non-hydrogen) atoms. The second kappa shape index (κ2) is 8.67. The van der Waals surface area contributed by atoms with E-state index in [1.54, 1.807) is 18.2 Å². The minimum Gasteiger partial charge on any atom is -0.378 e. The average Bonchev–Trinajstić information content (AvgIpc) is 2.54. The third kappa shape index (κ3) is 5.35. The lowest BCUT2D eigenvalue weighted by Gasteiger charge is -2.30. The number of hydrogen-bond acceptors (Lipinski definition) is 4. The van der Waals surface area contributed by atoms with Gasteiger partial charge in [0.25, 0.3) is 5.69 Å². The molecular weight excluding hydrogens is 312 g/mol. The van der Waals surface area contributed by atoms with Gasteiger partial charge in [0, 0.05) is 25.2 Å². The first kappa shape index (κ1) is 17.5. The topological polar surface area (TPSA) is 79.2 Å². The van der Waals surface area contributed by atoms with Gasteiger partial charge in [-0.1, -0.05) is 31.9 Å². The molecule has 2 atom stereocenters. The van der Waals surface area contributed by atoms with Gasteiger partial charge in [-0.05, 0) is 37.0 Å². The third-order valence-corrected chi connectivity index (χ3v) is 4.52. The standard InChI is InChI=1S/C16H24N4O2S/c1-12-6-2-3-7-13(12)19-16(23)18-11-10-17-14-8-4-5-9-15(14)20(21)22/h4-5,8-9,12-13,17H,2-3,6-7,10-11H2,1H3,(H2,18,19,23)/t12-,13+/m0/s1. The molecule has 0 saturated heterocycles. The molecule has 126 valence electrons. The van der Waals surface area contributed by atoms with Gasteiger partial charge in [0.15, 0.2) is 5.11 Å². The van der Waals surface area contributed by atoms with Crippen LogP contribution < -0.4 is 16.0 Å². The molecule has 0 amide bonds. The van der Waals surface area contributed by atoms with Crippen LogP contribution in [-0.2, 0) is 0 Å². The van der Waals surface area contributed by atoms with E-state index in [0.29, 0.717) is 35.8 Å². The molecule has 1 aromatic carbocycles. The molecule has 1 aromatic rings. The molecule has 0 radical (unpaired) electrons. The number of hydrogen-bond donors (Lipinski definition) is 3. The highest BCUT2D eigenvalue weighted by molar-refractivity contribution is 7.80. The van der Waals surface area contributed by atoms with Crippen LogP contribution in [0.25, 0.3) is 0 Å². The lowest BCUT2D eigenvalue weighted by Crippen LogP contribution is -2.46. The summed E-state index contributed by atoms with van der Waals surface area (Å²) < 4.78 is 0. The minimum absolute atomic E-state index is 0.0873. The summed E-state index contributed by atoms with van der Waals surface area (Å²) in [5, 5.41) is 21.2. The second-order valence-electron chi connectivity index (χ2n) is 5.97. The van der Waals surface area contributed by atoms with Crippen molar-refractivity contribution in [2.75, 3.05) is 18.4 Å². The van der Waals surface area contributed by atoms with Gasteiger partial charge >= 0.3 is 0 Å². The Labute approximate surface area is 142 Å². The van der Waals surface area contributed by atoms with Crippen LogP contribution in [0.5, 0.6) is 0 Å². The normalized spacial score (nSPS) is 20.6. The molecule has 1 aliphatic rings. The van der Waals surface area contributed by atoms with Gasteiger partial charge in [-0.3, -0.25) is 10.1 Å². The Kier molecular flexibility index (Phi) is 6.58. The summed E-state index contributed by atoms with van der Waals surface area (Å²) in [6.07, 6.45) is 4.97. The van der Waals surface area contributed by atoms with E-state index in [2.05, 4.69) is 22.9 Å². The molecular formula is C16H24N4O2S. The van der Waals surface area contributed by atoms with Crippen molar-refractivity contribution in [3.63, 3.8) is 0 Å². The fourth-order valence-corrected chi connectivity index (χ4v) is 3.16. The third-order valence-electron chi connectivity index (χ3n) is 4.25. The first-order valence-corrected chi connectivity index (χ1v) is 8.50. The number of thiocarbonyl (C=S) groups is 1. The zero-order valence-corrected chi connectivity index (χ0v) is 14.2. The first-order valence-electron chi connectivity index (χ1n) is 8.09. The molecule has 6 nitrogen and oxygen atoms in total. The molecule has 0 unspecified atom stereocenters. The number of benzene rings is 1. The number of nitrogens with one attached hydrogen (secondary N) is 3. The summed E-state index contributed by atoms with van der Waals surface area (Å²) >= 11 is 5.33. The molecule has 1 fully saturated rings. The van der Waals surface area contributed by atoms with E-state index in [9.17, 15) is 10.1 Å². The van der Waals surface area contributed by atoms with E-state index in [4.69, 9.17) is 12.2 Å². The van der Waals surface area contributed by atoms with Crippen LogP contribution in [0.3, 0.4) is 0 Å². The molecule has 2 rings (SSSR count). The summed E-state index contributed by atoms with van der Waals surface area (Å²) in [5.74, 6) is 0.647. The van der Waals surface area contributed by atoms with Crippen LogP contribution in [-0.4, -0.2) is 29.2 Å². The van der Waals surface area contributed by atoms with Crippen LogP contribution >= 0.6 is 12.2 Å². The first-order chi connectivity index (χ1) is 11.1. The van der Waals surface area contributed by atoms with Gasteiger partial charge in [0.05, 0.1) is 4.92 Å². The maximum atomic E-state index is 10.9. The zero-order chi connectivity index (χ0) is 16.7. The molecule has 0 heterocycles. The maximum Gasteiger partial charge on any atom is 0.292 e. The molecule has 1 aliphatic carbocycles. The molecule has 0 spiro atoms. The van der Waals surface area contributed by atoms with Crippen LogP contribution in [0.2, 0.25) is 0 Å². The maximum absolute atomic E-state index is 10.9. The van der Waals surface area contributed by atoms with E-state index in [0.717, 1.165) is 6.42 Å². The zero-order valence-electron chi connectivity index (χ0n) is 13.4. The molecule has 3 N–H and O–H groups in total.